The predicted octanol–water partition coefficient (Wildman–Crippen LogP) is 2.95. The van der Waals surface area contributed by atoms with E-state index in [2.05, 4.69) is 15.9 Å². The molecule has 0 atom stereocenters. The molecule has 1 aliphatic carbocycles. The van der Waals surface area contributed by atoms with Gasteiger partial charge in [0.2, 0.25) is 0 Å². The molecule has 1 aromatic carbocycles. The van der Waals surface area contributed by atoms with Gasteiger partial charge in [-0.15, -0.1) is 0 Å². The molecule has 2 rings (SSSR count). The molecule has 20 heavy (non-hydrogen) atoms. The zero-order valence-electron chi connectivity index (χ0n) is 12.1. The van der Waals surface area contributed by atoms with Gasteiger partial charge in [0.15, 0.2) is 0 Å². The van der Waals surface area contributed by atoms with Crippen molar-refractivity contribution in [3.63, 3.8) is 0 Å². The molecule has 0 aromatic heterocycles. The van der Waals surface area contributed by atoms with Gasteiger partial charge in [-0.1, -0.05) is 15.9 Å². The number of carbonyl (C=O) groups excluding carboxylic acids is 1. The molecule has 0 radical (unpaired) electrons. The minimum atomic E-state index is -0.0289. The van der Waals surface area contributed by atoms with E-state index in [1.165, 1.54) is 0 Å². The summed E-state index contributed by atoms with van der Waals surface area (Å²) < 4.78 is 10.4. The Bertz CT molecular complexity index is 486. The molecule has 1 saturated carbocycles. The number of halogens is 1. The first-order chi connectivity index (χ1) is 9.55. The van der Waals surface area contributed by atoms with Gasteiger partial charge in [-0.25, -0.2) is 0 Å². The lowest BCUT2D eigenvalue weighted by Crippen LogP contribution is -2.37. The van der Waals surface area contributed by atoms with Crippen molar-refractivity contribution in [3.05, 3.63) is 23.8 Å². The van der Waals surface area contributed by atoms with Crippen LogP contribution in [0.1, 0.15) is 23.2 Å². The number of benzene rings is 1. The van der Waals surface area contributed by atoms with Crippen molar-refractivity contribution in [3.8, 4) is 11.5 Å². The van der Waals surface area contributed by atoms with Crippen LogP contribution in [0, 0.1) is 5.92 Å². The summed E-state index contributed by atoms with van der Waals surface area (Å²) in [5.74, 6) is 1.80. The summed E-state index contributed by atoms with van der Waals surface area (Å²) in [4.78, 5) is 14.9. The molecule has 0 bridgehead atoms. The maximum atomic E-state index is 12.5. The van der Waals surface area contributed by atoms with Crippen LogP contribution in [0.3, 0.4) is 0 Å². The molecule has 1 amide bonds. The van der Waals surface area contributed by atoms with E-state index in [4.69, 9.17) is 9.47 Å². The van der Waals surface area contributed by atoms with E-state index < -0.39 is 0 Å². The van der Waals surface area contributed by atoms with Gasteiger partial charge in [0, 0.05) is 18.4 Å². The quantitative estimate of drug-likeness (QED) is 0.773. The zero-order chi connectivity index (χ0) is 14.7. The molecule has 0 aliphatic heterocycles. The highest BCUT2D eigenvalue weighted by atomic mass is 79.9. The minimum Gasteiger partial charge on any atom is -0.497 e. The Labute approximate surface area is 128 Å². The number of hydrogen-bond acceptors (Lipinski definition) is 3. The Balaban J connectivity index is 2.10. The van der Waals surface area contributed by atoms with Gasteiger partial charge < -0.3 is 14.4 Å². The van der Waals surface area contributed by atoms with Gasteiger partial charge in [0.25, 0.3) is 5.91 Å². The standard InChI is InChI=1S/C15H20BrNO3/c1-17(9-10-6-11(16)7-10)15(18)13-8-12(19-2)4-5-14(13)20-3/h4-5,8,10-11H,6-7,9H2,1-3H3. The SMILES string of the molecule is COc1ccc(OC)c(C(=O)N(C)CC2CC(Br)C2)c1. The third kappa shape index (κ3) is 3.26. The third-order valence-electron chi connectivity index (χ3n) is 3.69. The van der Waals surface area contributed by atoms with E-state index >= 15 is 0 Å². The Hall–Kier alpha value is -1.23. The molecule has 5 heteroatoms. The average molecular weight is 342 g/mol. The first-order valence-corrected chi connectivity index (χ1v) is 7.58. The van der Waals surface area contributed by atoms with Crippen molar-refractivity contribution in [1.82, 2.24) is 4.90 Å². The van der Waals surface area contributed by atoms with Crippen LogP contribution in [-0.4, -0.2) is 43.4 Å². The van der Waals surface area contributed by atoms with Crippen molar-refractivity contribution < 1.29 is 14.3 Å². The summed E-state index contributed by atoms with van der Waals surface area (Å²) in [5, 5.41) is 0. The number of amides is 1. The predicted molar refractivity (Wildman–Crippen MR) is 81.9 cm³/mol. The highest BCUT2D eigenvalue weighted by Crippen LogP contribution is 2.34. The normalized spacial score (nSPS) is 21.0. The fourth-order valence-corrected chi connectivity index (χ4v) is 3.52. The molecule has 1 aromatic rings. The highest BCUT2D eigenvalue weighted by Gasteiger charge is 2.29. The number of methoxy groups -OCH3 is 2. The lowest BCUT2D eigenvalue weighted by molar-refractivity contribution is 0.0745. The summed E-state index contributed by atoms with van der Waals surface area (Å²) in [6.45, 7) is 0.779. The Morgan fingerprint density at radius 2 is 2.05 bits per heavy atom. The smallest absolute Gasteiger partial charge is 0.257 e. The number of rotatable bonds is 5. The Kier molecular flexibility index (Phi) is 4.91. The van der Waals surface area contributed by atoms with E-state index in [9.17, 15) is 4.79 Å². The highest BCUT2D eigenvalue weighted by molar-refractivity contribution is 9.09. The first kappa shape index (κ1) is 15.2. The topological polar surface area (TPSA) is 38.8 Å². The van der Waals surface area contributed by atoms with Gasteiger partial charge in [0.1, 0.15) is 11.5 Å². The van der Waals surface area contributed by atoms with E-state index in [0.717, 1.165) is 19.4 Å². The first-order valence-electron chi connectivity index (χ1n) is 6.66. The van der Waals surface area contributed by atoms with Gasteiger partial charge in [-0.3, -0.25) is 4.79 Å². The molecule has 1 fully saturated rings. The molecule has 110 valence electrons. The van der Waals surface area contributed by atoms with Gasteiger partial charge in [-0.2, -0.15) is 0 Å². The van der Waals surface area contributed by atoms with Crippen molar-refractivity contribution in [1.29, 1.82) is 0 Å². The van der Waals surface area contributed by atoms with E-state index in [1.54, 1.807) is 37.3 Å². The van der Waals surface area contributed by atoms with Crippen LogP contribution in [-0.2, 0) is 0 Å². The van der Waals surface area contributed by atoms with Crippen molar-refractivity contribution >= 4 is 21.8 Å². The molecular weight excluding hydrogens is 322 g/mol. The molecule has 0 N–H and O–H groups in total. The summed E-state index contributed by atoms with van der Waals surface area (Å²) in [6.07, 6.45) is 2.26. The largest absolute Gasteiger partial charge is 0.497 e. The van der Waals surface area contributed by atoms with Crippen LogP contribution in [0.4, 0.5) is 0 Å². The van der Waals surface area contributed by atoms with Crippen molar-refractivity contribution in [2.45, 2.75) is 17.7 Å². The molecule has 1 aliphatic rings. The van der Waals surface area contributed by atoms with Crippen LogP contribution in [0.15, 0.2) is 18.2 Å². The maximum absolute atomic E-state index is 12.5. The summed E-state index contributed by atoms with van der Waals surface area (Å²) in [6, 6.07) is 5.28. The van der Waals surface area contributed by atoms with Crippen LogP contribution < -0.4 is 9.47 Å². The lowest BCUT2D eigenvalue weighted by Gasteiger charge is -2.34. The van der Waals surface area contributed by atoms with Crippen molar-refractivity contribution in [2.75, 3.05) is 27.8 Å². The average Bonchev–Trinajstić information content (AvgIpc) is 2.43. The number of alkyl halides is 1. The molecule has 0 spiro atoms. The van der Waals surface area contributed by atoms with Crippen LogP contribution in [0.5, 0.6) is 11.5 Å². The number of hydrogen-bond donors (Lipinski definition) is 0. The Morgan fingerprint density at radius 3 is 2.60 bits per heavy atom. The second kappa shape index (κ2) is 6.48. The van der Waals surface area contributed by atoms with Gasteiger partial charge in [-0.05, 0) is 37.0 Å². The van der Waals surface area contributed by atoms with Crippen LogP contribution in [0.2, 0.25) is 0 Å². The number of carbonyl (C=O) groups is 1. The lowest BCUT2D eigenvalue weighted by atomic mass is 9.85. The molecule has 0 unspecified atom stereocenters. The van der Waals surface area contributed by atoms with Gasteiger partial charge >= 0.3 is 0 Å². The van der Waals surface area contributed by atoms with E-state index in [0.29, 0.717) is 27.8 Å². The van der Waals surface area contributed by atoms with Gasteiger partial charge in [0.05, 0.1) is 19.8 Å². The fourth-order valence-electron chi connectivity index (χ4n) is 2.46. The van der Waals surface area contributed by atoms with E-state index in [1.807, 2.05) is 7.05 Å². The molecule has 0 saturated heterocycles. The van der Waals surface area contributed by atoms with Crippen LogP contribution >= 0.6 is 15.9 Å². The second-order valence-corrected chi connectivity index (χ2v) is 6.48. The number of nitrogens with zero attached hydrogens (tertiary/aromatic N) is 1. The minimum absolute atomic E-state index is 0.0289. The maximum Gasteiger partial charge on any atom is 0.257 e. The molecule has 4 nitrogen and oxygen atoms in total. The molecule has 0 heterocycles. The summed E-state index contributed by atoms with van der Waals surface area (Å²) >= 11 is 3.57. The monoisotopic (exact) mass is 341 g/mol. The van der Waals surface area contributed by atoms with Crippen LogP contribution in [0.25, 0.3) is 0 Å². The fraction of sp³-hybridized carbons (Fsp3) is 0.533. The number of ether oxygens (including phenoxy) is 2. The zero-order valence-corrected chi connectivity index (χ0v) is 13.6. The Morgan fingerprint density at radius 1 is 1.35 bits per heavy atom. The molecular formula is C15H20BrNO3. The third-order valence-corrected chi connectivity index (χ3v) is 4.44. The second-order valence-electron chi connectivity index (χ2n) is 5.19. The summed E-state index contributed by atoms with van der Waals surface area (Å²) in [7, 11) is 4.99. The summed E-state index contributed by atoms with van der Waals surface area (Å²) in [5.41, 5.74) is 0.545. The van der Waals surface area contributed by atoms with E-state index in [-0.39, 0.29) is 5.91 Å². The van der Waals surface area contributed by atoms with Crippen molar-refractivity contribution in [2.24, 2.45) is 5.92 Å².